The van der Waals surface area contributed by atoms with Crippen LogP contribution >= 0.6 is 0 Å². The van der Waals surface area contributed by atoms with Gasteiger partial charge in [-0.05, 0) is 78.4 Å². The largest absolute Gasteiger partial charge is 0.494 e. The third-order valence-corrected chi connectivity index (χ3v) is 8.50. The highest BCUT2D eigenvalue weighted by Gasteiger charge is 2.52. The van der Waals surface area contributed by atoms with E-state index in [-0.39, 0.29) is 18.9 Å². The van der Waals surface area contributed by atoms with Gasteiger partial charge >= 0.3 is 13.2 Å². The zero-order valence-corrected chi connectivity index (χ0v) is 25.8. The van der Waals surface area contributed by atoms with Crippen molar-refractivity contribution in [3.05, 3.63) is 30.6 Å². The van der Waals surface area contributed by atoms with Crippen molar-refractivity contribution in [3.8, 4) is 17.0 Å². The summed E-state index contributed by atoms with van der Waals surface area (Å²) < 4.78 is 44.7. The van der Waals surface area contributed by atoms with Crippen LogP contribution in [0.3, 0.4) is 0 Å². The lowest BCUT2D eigenvalue weighted by molar-refractivity contribution is -0.0104. The second-order valence-corrected chi connectivity index (χ2v) is 12.9. The molecule has 3 fully saturated rings. The topological polar surface area (TPSA) is 95.5 Å². The summed E-state index contributed by atoms with van der Waals surface area (Å²) in [5.74, 6) is 1.11. The highest BCUT2D eigenvalue weighted by atomic mass is 19.1. The van der Waals surface area contributed by atoms with Gasteiger partial charge in [0.05, 0.1) is 41.9 Å². The Kier molecular flexibility index (Phi) is 8.44. The van der Waals surface area contributed by atoms with E-state index in [4.69, 9.17) is 23.5 Å². The Labute approximate surface area is 248 Å². The van der Waals surface area contributed by atoms with E-state index in [1.807, 2.05) is 71.7 Å². The first-order valence-corrected chi connectivity index (χ1v) is 14.6. The summed E-state index contributed by atoms with van der Waals surface area (Å²) in [6.07, 6.45) is 3.43. The third kappa shape index (κ3) is 6.07. The van der Waals surface area contributed by atoms with Gasteiger partial charge in [0.2, 0.25) is 0 Å². The molecule has 5 rings (SSSR count). The van der Waals surface area contributed by atoms with Gasteiger partial charge in [0.1, 0.15) is 23.3 Å². The second kappa shape index (κ2) is 11.6. The predicted molar refractivity (Wildman–Crippen MR) is 158 cm³/mol. The quantitative estimate of drug-likeness (QED) is 0.348. The Morgan fingerprint density at radius 1 is 1.24 bits per heavy atom. The number of anilines is 1. The molecule has 1 aromatic heterocycles. The van der Waals surface area contributed by atoms with Crippen molar-refractivity contribution < 1.29 is 32.7 Å². The molecule has 228 valence electrons. The van der Waals surface area contributed by atoms with E-state index >= 15 is 4.39 Å². The highest BCUT2D eigenvalue weighted by molar-refractivity contribution is 6.62. The smallest absolute Gasteiger partial charge is 0.467 e. The number of aromatic nitrogens is 2. The number of alkyl halides is 1. The van der Waals surface area contributed by atoms with Gasteiger partial charge in [-0.1, -0.05) is 6.07 Å². The van der Waals surface area contributed by atoms with Crippen LogP contribution in [0.1, 0.15) is 60.8 Å². The number of nitrogens with zero attached hydrogens (tertiary/aromatic N) is 4. The second-order valence-electron chi connectivity index (χ2n) is 12.9. The Hall–Kier alpha value is -2.96. The maximum Gasteiger partial charge on any atom is 0.494 e. The molecule has 2 bridgehead atoms. The van der Waals surface area contributed by atoms with Crippen molar-refractivity contribution in [1.29, 1.82) is 0 Å². The average molecular weight is 584 g/mol. The molecule has 0 aliphatic carbocycles. The van der Waals surface area contributed by atoms with Gasteiger partial charge in [0.25, 0.3) is 0 Å². The minimum absolute atomic E-state index is 0.0567. The molecule has 3 aliphatic heterocycles. The summed E-state index contributed by atoms with van der Waals surface area (Å²) in [4.78, 5) is 25.6. The fraction of sp³-hybridized carbons (Fsp3) is 0.633. The SMILES string of the molecule is COCOc1cc(B2OC(C)C(C)(C)O2)ccc1-c1cnc(N(C)[C@@H]2C[C@H]3CC[C@@H]([C@@H]2F)N3C(=O)OC(C)(C)C)cn1. The summed E-state index contributed by atoms with van der Waals surface area (Å²) >= 11 is 0. The van der Waals surface area contributed by atoms with Crippen LogP contribution in [-0.4, -0.2) is 90.6 Å². The Balaban J connectivity index is 1.32. The van der Waals surface area contributed by atoms with Crippen molar-refractivity contribution in [2.75, 3.05) is 25.9 Å². The number of carbonyl (C=O) groups excluding carboxylic acids is 1. The molecule has 3 aliphatic rings. The Morgan fingerprint density at radius 2 is 2.00 bits per heavy atom. The van der Waals surface area contributed by atoms with Crippen LogP contribution in [0, 0.1) is 0 Å². The first kappa shape index (κ1) is 30.5. The number of piperidine rings is 1. The third-order valence-electron chi connectivity index (χ3n) is 8.50. The van der Waals surface area contributed by atoms with Crippen LogP contribution < -0.4 is 15.1 Å². The van der Waals surface area contributed by atoms with E-state index in [0.717, 1.165) is 17.4 Å². The van der Waals surface area contributed by atoms with E-state index < -0.39 is 42.7 Å². The lowest BCUT2D eigenvalue weighted by Gasteiger charge is -2.44. The highest BCUT2D eigenvalue weighted by Crippen LogP contribution is 2.41. The fourth-order valence-electron chi connectivity index (χ4n) is 5.94. The average Bonchev–Trinajstić information content (AvgIpc) is 3.43. The normalized spacial score (nSPS) is 26.8. The molecule has 0 radical (unpaired) electrons. The number of methoxy groups -OCH3 is 1. The molecular weight excluding hydrogens is 542 g/mol. The van der Waals surface area contributed by atoms with E-state index in [9.17, 15) is 4.79 Å². The van der Waals surface area contributed by atoms with Crippen LogP contribution in [0.2, 0.25) is 0 Å². The molecule has 0 saturated carbocycles. The minimum Gasteiger partial charge on any atom is -0.467 e. The van der Waals surface area contributed by atoms with E-state index in [2.05, 4.69) is 9.97 Å². The van der Waals surface area contributed by atoms with E-state index in [0.29, 0.717) is 30.1 Å². The van der Waals surface area contributed by atoms with Crippen LogP contribution in [0.25, 0.3) is 11.3 Å². The Bertz CT molecular complexity index is 1280. The van der Waals surface area contributed by atoms with Gasteiger partial charge in [-0.25, -0.2) is 14.2 Å². The minimum atomic E-state index is -1.24. The van der Waals surface area contributed by atoms with Gasteiger partial charge < -0.3 is 28.4 Å². The number of carbonyl (C=O) groups is 1. The summed E-state index contributed by atoms with van der Waals surface area (Å²) in [5.41, 5.74) is 1.12. The zero-order chi connectivity index (χ0) is 30.4. The molecule has 5 atom stereocenters. The molecule has 1 unspecified atom stereocenters. The molecule has 0 N–H and O–H groups in total. The van der Waals surface area contributed by atoms with Gasteiger partial charge in [-0.3, -0.25) is 9.88 Å². The summed E-state index contributed by atoms with van der Waals surface area (Å²) in [6.45, 7) is 11.5. The monoisotopic (exact) mass is 584 g/mol. The molecule has 10 nitrogen and oxygen atoms in total. The number of rotatable bonds is 7. The standard InChI is InChI=1S/C30H42BFN4O6/c1-18-30(5,6)42-31(41-18)19-9-11-21(25(13-19)39-17-38-8)22-15-34-26(16-33-22)35(7)24-14-20-10-12-23(27(24)32)36(20)28(37)40-29(2,3)4/h9,11,13,15-16,18,20,23-24,27H,10,12,14,17H2,1-8H3/t18?,20-,23+,24-,27+/m1/s1. The van der Waals surface area contributed by atoms with Gasteiger partial charge in [-0.2, -0.15) is 0 Å². The number of fused-ring (bicyclic) bond motifs is 2. The number of ether oxygens (including phenoxy) is 3. The summed E-state index contributed by atoms with van der Waals surface area (Å²) in [6, 6.07) is 4.68. The summed E-state index contributed by atoms with van der Waals surface area (Å²) in [7, 11) is 2.88. The molecule has 42 heavy (non-hydrogen) atoms. The molecule has 1 aromatic carbocycles. The number of halogens is 1. The maximum absolute atomic E-state index is 15.9. The predicted octanol–water partition coefficient (Wildman–Crippen LogP) is 4.35. The molecule has 4 heterocycles. The molecule has 3 saturated heterocycles. The fourth-order valence-corrected chi connectivity index (χ4v) is 5.94. The van der Waals surface area contributed by atoms with Crippen molar-refractivity contribution in [3.63, 3.8) is 0 Å². The summed E-state index contributed by atoms with van der Waals surface area (Å²) in [5, 5.41) is 0. The molecular formula is C30H42BFN4O6. The van der Waals surface area contributed by atoms with Crippen molar-refractivity contribution >= 4 is 24.5 Å². The molecule has 12 heteroatoms. The number of amides is 1. The first-order valence-electron chi connectivity index (χ1n) is 14.6. The van der Waals surface area contributed by atoms with Gasteiger partial charge in [-0.15, -0.1) is 0 Å². The van der Waals surface area contributed by atoms with Gasteiger partial charge in [0.15, 0.2) is 6.79 Å². The number of benzene rings is 1. The van der Waals surface area contributed by atoms with Crippen molar-refractivity contribution in [2.45, 2.75) is 102 Å². The van der Waals surface area contributed by atoms with E-state index in [1.165, 1.54) is 0 Å². The van der Waals surface area contributed by atoms with Crippen LogP contribution in [0.5, 0.6) is 5.75 Å². The van der Waals surface area contributed by atoms with Crippen LogP contribution in [0.15, 0.2) is 30.6 Å². The maximum atomic E-state index is 15.9. The van der Waals surface area contributed by atoms with Crippen molar-refractivity contribution in [2.24, 2.45) is 0 Å². The first-order chi connectivity index (χ1) is 19.8. The van der Waals surface area contributed by atoms with Crippen LogP contribution in [0.4, 0.5) is 15.0 Å². The molecule has 1 amide bonds. The van der Waals surface area contributed by atoms with Gasteiger partial charge in [0, 0.05) is 25.8 Å². The molecule has 2 aromatic rings. The number of hydrogen-bond donors (Lipinski definition) is 0. The number of hydrogen-bond acceptors (Lipinski definition) is 9. The molecule has 0 spiro atoms. The lowest BCUT2D eigenvalue weighted by atomic mass is 9.78. The van der Waals surface area contributed by atoms with Crippen molar-refractivity contribution in [1.82, 2.24) is 14.9 Å². The lowest BCUT2D eigenvalue weighted by Crippen LogP contribution is -2.59. The van der Waals surface area contributed by atoms with Crippen LogP contribution in [-0.2, 0) is 18.8 Å². The Morgan fingerprint density at radius 3 is 2.62 bits per heavy atom. The zero-order valence-electron chi connectivity index (χ0n) is 25.8. The van der Waals surface area contributed by atoms with E-state index in [1.54, 1.807) is 24.4 Å².